The molecule has 6 nitrogen and oxygen atoms in total. The average molecular weight is 290 g/mol. The van der Waals surface area contributed by atoms with Crippen LogP contribution in [0.2, 0.25) is 0 Å². The third-order valence-corrected chi connectivity index (χ3v) is 4.32. The summed E-state index contributed by atoms with van der Waals surface area (Å²) in [6.07, 6.45) is 6.66. The van der Waals surface area contributed by atoms with Gasteiger partial charge in [0.2, 0.25) is 0 Å². The van der Waals surface area contributed by atoms with Crippen molar-refractivity contribution in [2.75, 3.05) is 19.7 Å². The second-order valence-corrected chi connectivity index (χ2v) is 5.63. The lowest BCUT2D eigenvalue weighted by molar-refractivity contribution is 0.145. The van der Waals surface area contributed by atoms with Crippen molar-refractivity contribution < 1.29 is 5.11 Å². The van der Waals surface area contributed by atoms with E-state index < -0.39 is 0 Å². The van der Waals surface area contributed by atoms with Crippen molar-refractivity contribution in [3.63, 3.8) is 0 Å². The van der Waals surface area contributed by atoms with Crippen LogP contribution in [0.25, 0.3) is 5.65 Å². The predicted octanol–water partition coefficient (Wildman–Crippen LogP) is 0.733. The van der Waals surface area contributed by atoms with E-state index in [4.69, 9.17) is 0 Å². The summed E-state index contributed by atoms with van der Waals surface area (Å²) in [6, 6.07) is 6.09. The number of aromatic nitrogens is 3. The van der Waals surface area contributed by atoms with Gasteiger partial charge >= 0.3 is 5.69 Å². The molecule has 6 heteroatoms. The first-order valence-corrected chi connectivity index (χ1v) is 7.69. The van der Waals surface area contributed by atoms with E-state index in [-0.39, 0.29) is 12.3 Å². The molecule has 2 aromatic rings. The molecular weight excluding hydrogens is 268 g/mol. The van der Waals surface area contributed by atoms with Gasteiger partial charge in [-0.3, -0.25) is 9.30 Å². The Morgan fingerprint density at radius 1 is 1.29 bits per heavy atom. The number of fused-ring (bicyclic) bond motifs is 1. The summed E-state index contributed by atoms with van der Waals surface area (Å²) in [7, 11) is 0. The molecule has 114 valence electrons. The number of nitrogens with zero attached hydrogens (tertiary/aromatic N) is 4. The molecule has 0 amide bonds. The van der Waals surface area contributed by atoms with E-state index in [0.717, 1.165) is 6.54 Å². The largest absolute Gasteiger partial charge is 0.395 e. The molecule has 1 aliphatic rings. The van der Waals surface area contributed by atoms with Crippen LogP contribution in [0, 0.1) is 0 Å². The second kappa shape index (κ2) is 6.41. The summed E-state index contributed by atoms with van der Waals surface area (Å²) in [6.45, 7) is 2.16. The SMILES string of the molecule is O=c1n(CCN(CCO)C2CCCC2)nc2ccccn12. The standard InChI is InChI=1S/C15H22N4O2/c20-12-11-17(13-5-1-2-6-13)9-10-19-15(21)18-8-4-3-7-14(18)16-19/h3-4,7-8,13,20H,1-2,5-6,9-12H2. The quantitative estimate of drug-likeness (QED) is 0.852. The third-order valence-electron chi connectivity index (χ3n) is 4.32. The number of aliphatic hydroxyl groups excluding tert-OH is 1. The van der Waals surface area contributed by atoms with Crippen LogP contribution in [-0.2, 0) is 6.54 Å². The van der Waals surface area contributed by atoms with Crippen LogP contribution in [0.4, 0.5) is 0 Å². The fourth-order valence-corrected chi connectivity index (χ4v) is 3.21. The van der Waals surface area contributed by atoms with Crippen LogP contribution >= 0.6 is 0 Å². The first kappa shape index (κ1) is 14.3. The number of pyridine rings is 1. The molecule has 0 atom stereocenters. The maximum atomic E-state index is 12.2. The molecule has 3 rings (SSSR count). The summed E-state index contributed by atoms with van der Waals surface area (Å²) in [5, 5.41) is 13.6. The molecule has 0 radical (unpaired) electrons. The number of aliphatic hydroxyl groups is 1. The molecule has 2 heterocycles. The Balaban J connectivity index is 1.72. The van der Waals surface area contributed by atoms with Crippen LogP contribution in [0.3, 0.4) is 0 Å². The summed E-state index contributed by atoms with van der Waals surface area (Å²) < 4.78 is 3.08. The normalized spacial score (nSPS) is 16.3. The molecule has 0 spiro atoms. The Morgan fingerprint density at radius 2 is 2.10 bits per heavy atom. The van der Waals surface area contributed by atoms with Gasteiger partial charge in [0.05, 0.1) is 13.2 Å². The topological polar surface area (TPSA) is 62.8 Å². The van der Waals surface area contributed by atoms with E-state index >= 15 is 0 Å². The number of hydrogen-bond donors (Lipinski definition) is 1. The maximum absolute atomic E-state index is 12.2. The van der Waals surface area contributed by atoms with Crippen molar-refractivity contribution in [1.82, 2.24) is 19.1 Å². The highest BCUT2D eigenvalue weighted by Crippen LogP contribution is 2.23. The fraction of sp³-hybridized carbons (Fsp3) is 0.600. The summed E-state index contributed by atoms with van der Waals surface area (Å²) in [5.41, 5.74) is 0.582. The monoisotopic (exact) mass is 290 g/mol. The molecule has 1 saturated carbocycles. The van der Waals surface area contributed by atoms with Crippen molar-refractivity contribution >= 4 is 5.65 Å². The molecule has 0 saturated heterocycles. The minimum absolute atomic E-state index is 0.0963. The van der Waals surface area contributed by atoms with E-state index in [1.165, 1.54) is 30.4 Å². The Morgan fingerprint density at radius 3 is 2.81 bits per heavy atom. The van der Waals surface area contributed by atoms with Crippen molar-refractivity contribution in [2.24, 2.45) is 0 Å². The van der Waals surface area contributed by atoms with Gasteiger partial charge in [0.15, 0.2) is 5.65 Å². The van der Waals surface area contributed by atoms with Gasteiger partial charge in [-0.2, -0.15) is 0 Å². The highest BCUT2D eigenvalue weighted by atomic mass is 16.3. The second-order valence-electron chi connectivity index (χ2n) is 5.63. The molecular formula is C15H22N4O2. The van der Waals surface area contributed by atoms with Gasteiger partial charge in [-0.1, -0.05) is 18.9 Å². The molecule has 0 unspecified atom stereocenters. The van der Waals surface area contributed by atoms with E-state index in [9.17, 15) is 9.90 Å². The van der Waals surface area contributed by atoms with E-state index in [2.05, 4.69) is 10.00 Å². The fourth-order valence-electron chi connectivity index (χ4n) is 3.21. The van der Waals surface area contributed by atoms with Gasteiger partial charge in [0.1, 0.15) is 0 Å². The van der Waals surface area contributed by atoms with Crippen LogP contribution in [0.1, 0.15) is 25.7 Å². The van der Waals surface area contributed by atoms with E-state index in [1.54, 1.807) is 10.6 Å². The number of rotatable bonds is 6. The summed E-state index contributed by atoms with van der Waals surface area (Å²) >= 11 is 0. The van der Waals surface area contributed by atoms with Crippen LogP contribution in [-0.4, -0.2) is 49.9 Å². The molecule has 0 aliphatic heterocycles. The molecule has 0 bridgehead atoms. The molecule has 0 aromatic carbocycles. The van der Waals surface area contributed by atoms with Crippen molar-refractivity contribution in [3.8, 4) is 0 Å². The zero-order chi connectivity index (χ0) is 14.7. The lowest BCUT2D eigenvalue weighted by atomic mass is 10.2. The predicted molar refractivity (Wildman–Crippen MR) is 80.4 cm³/mol. The Labute approximate surface area is 123 Å². The molecule has 21 heavy (non-hydrogen) atoms. The molecule has 1 aliphatic carbocycles. The zero-order valence-corrected chi connectivity index (χ0v) is 12.2. The molecule has 1 N–H and O–H groups in total. The van der Waals surface area contributed by atoms with Crippen molar-refractivity contribution in [3.05, 3.63) is 34.9 Å². The summed E-state index contributed by atoms with van der Waals surface area (Å²) in [4.78, 5) is 14.5. The van der Waals surface area contributed by atoms with Gasteiger partial charge in [-0.25, -0.2) is 9.48 Å². The van der Waals surface area contributed by atoms with Crippen LogP contribution in [0.15, 0.2) is 29.2 Å². The van der Waals surface area contributed by atoms with Gasteiger partial charge in [0, 0.05) is 25.3 Å². The van der Waals surface area contributed by atoms with Gasteiger partial charge in [-0.15, -0.1) is 5.10 Å². The average Bonchev–Trinajstić information content (AvgIpc) is 3.13. The minimum atomic E-state index is -0.0963. The van der Waals surface area contributed by atoms with Crippen molar-refractivity contribution in [1.29, 1.82) is 0 Å². The third kappa shape index (κ3) is 3.01. The van der Waals surface area contributed by atoms with Crippen LogP contribution < -0.4 is 5.69 Å². The number of hydrogen-bond acceptors (Lipinski definition) is 4. The summed E-state index contributed by atoms with van der Waals surface area (Å²) in [5.74, 6) is 0. The van der Waals surface area contributed by atoms with Gasteiger partial charge in [0.25, 0.3) is 0 Å². The van der Waals surface area contributed by atoms with Crippen molar-refractivity contribution in [2.45, 2.75) is 38.3 Å². The van der Waals surface area contributed by atoms with Gasteiger partial charge in [-0.05, 0) is 25.0 Å². The Hall–Kier alpha value is -1.66. The first-order chi connectivity index (χ1) is 10.3. The highest BCUT2D eigenvalue weighted by Gasteiger charge is 2.22. The minimum Gasteiger partial charge on any atom is -0.395 e. The van der Waals surface area contributed by atoms with Crippen LogP contribution in [0.5, 0.6) is 0 Å². The maximum Gasteiger partial charge on any atom is 0.350 e. The smallest absolute Gasteiger partial charge is 0.350 e. The molecule has 2 aromatic heterocycles. The Kier molecular flexibility index (Phi) is 4.36. The lowest BCUT2D eigenvalue weighted by Crippen LogP contribution is -2.39. The van der Waals surface area contributed by atoms with Gasteiger partial charge < -0.3 is 5.11 Å². The molecule has 1 fully saturated rings. The Bertz CT molecular complexity index is 642. The first-order valence-electron chi connectivity index (χ1n) is 7.69. The highest BCUT2D eigenvalue weighted by molar-refractivity contribution is 5.35. The lowest BCUT2D eigenvalue weighted by Gasteiger charge is -2.27. The van der Waals surface area contributed by atoms with E-state index in [0.29, 0.717) is 24.8 Å². The zero-order valence-electron chi connectivity index (χ0n) is 12.2. The van der Waals surface area contributed by atoms with E-state index in [1.807, 2.05) is 18.2 Å².